The molecular weight excluding hydrogens is 314 g/mol. The van der Waals surface area contributed by atoms with Crippen LogP contribution in [-0.4, -0.2) is 23.5 Å². The molecule has 1 heterocycles. The summed E-state index contributed by atoms with van der Waals surface area (Å²) in [6, 6.07) is 11.6. The lowest BCUT2D eigenvalue weighted by Gasteiger charge is -2.10. The van der Waals surface area contributed by atoms with Gasteiger partial charge in [-0.3, -0.25) is 4.79 Å². The number of aromatic nitrogens is 1. The summed E-state index contributed by atoms with van der Waals surface area (Å²) in [6.45, 7) is 5.07. The van der Waals surface area contributed by atoms with Crippen molar-refractivity contribution in [2.75, 3.05) is 6.54 Å². The molecule has 0 bridgehead atoms. The molecule has 0 atom stereocenters. The van der Waals surface area contributed by atoms with Gasteiger partial charge in [0.15, 0.2) is 0 Å². The molecule has 5 nitrogen and oxygen atoms in total. The number of carbonyl (C=O) groups excluding carboxylic acids is 1. The first-order chi connectivity index (χ1) is 12.1. The molecule has 1 amide bonds. The average Bonchev–Trinajstić information content (AvgIpc) is 2.61. The van der Waals surface area contributed by atoms with Crippen LogP contribution in [0.4, 0.5) is 0 Å². The summed E-state index contributed by atoms with van der Waals surface area (Å²) in [4.78, 5) is 16.3. The quantitative estimate of drug-likeness (QED) is 0.687. The largest absolute Gasteiger partial charge is 0.475 e. The standard InChI is InChI=1S/C20H27N3O2/c1-15(2)25-19-13-17(10-12-22-19)20(24)23-11-6-5-8-16-7-3-4-9-18(16)14-21/h3-4,7,9-10,12-13,15H,5-6,8,11,14,21H2,1-2H3,(H,23,24). The van der Waals surface area contributed by atoms with Gasteiger partial charge in [0, 0.05) is 30.9 Å². The van der Waals surface area contributed by atoms with E-state index in [4.69, 9.17) is 10.5 Å². The summed E-state index contributed by atoms with van der Waals surface area (Å²) in [5.41, 5.74) is 8.81. The molecule has 0 aliphatic rings. The zero-order valence-electron chi connectivity index (χ0n) is 15.0. The highest BCUT2D eigenvalue weighted by atomic mass is 16.5. The Bertz CT molecular complexity index is 686. The first-order valence-electron chi connectivity index (χ1n) is 8.78. The smallest absolute Gasteiger partial charge is 0.251 e. The molecule has 1 aromatic heterocycles. The second kappa shape index (κ2) is 9.79. The van der Waals surface area contributed by atoms with Crippen LogP contribution in [0.25, 0.3) is 0 Å². The Labute approximate surface area is 149 Å². The molecule has 134 valence electrons. The average molecular weight is 341 g/mol. The molecule has 0 radical (unpaired) electrons. The Morgan fingerprint density at radius 3 is 2.68 bits per heavy atom. The Morgan fingerprint density at radius 1 is 1.20 bits per heavy atom. The second-order valence-corrected chi connectivity index (χ2v) is 6.24. The highest BCUT2D eigenvalue weighted by Crippen LogP contribution is 2.12. The number of nitrogens with two attached hydrogens (primary N) is 1. The van der Waals surface area contributed by atoms with Crippen molar-refractivity contribution in [2.24, 2.45) is 5.73 Å². The maximum atomic E-state index is 12.2. The van der Waals surface area contributed by atoms with Crippen LogP contribution in [0.2, 0.25) is 0 Å². The zero-order chi connectivity index (χ0) is 18.1. The number of unbranched alkanes of at least 4 members (excludes halogenated alkanes) is 1. The molecule has 3 N–H and O–H groups in total. The van der Waals surface area contributed by atoms with Crippen LogP contribution in [0.1, 0.15) is 48.2 Å². The number of hydrogen-bond acceptors (Lipinski definition) is 4. The summed E-state index contributed by atoms with van der Waals surface area (Å²) in [5.74, 6) is 0.374. The van der Waals surface area contributed by atoms with Gasteiger partial charge in [-0.25, -0.2) is 4.98 Å². The minimum Gasteiger partial charge on any atom is -0.475 e. The van der Waals surface area contributed by atoms with Gasteiger partial charge in [0.2, 0.25) is 5.88 Å². The van der Waals surface area contributed by atoms with E-state index < -0.39 is 0 Å². The molecule has 0 aliphatic heterocycles. The van der Waals surface area contributed by atoms with Crippen molar-refractivity contribution in [3.8, 4) is 5.88 Å². The molecule has 25 heavy (non-hydrogen) atoms. The number of ether oxygens (including phenoxy) is 1. The molecule has 0 aliphatic carbocycles. The van der Waals surface area contributed by atoms with Crippen molar-refractivity contribution >= 4 is 5.91 Å². The van der Waals surface area contributed by atoms with Crippen molar-refractivity contribution in [3.63, 3.8) is 0 Å². The van der Waals surface area contributed by atoms with Crippen molar-refractivity contribution in [1.82, 2.24) is 10.3 Å². The topological polar surface area (TPSA) is 77.2 Å². The van der Waals surface area contributed by atoms with E-state index in [2.05, 4.69) is 22.4 Å². The van der Waals surface area contributed by atoms with Crippen molar-refractivity contribution < 1.29 is 9.53 Å². The van der Waals surface area contributed by atoms with Gasteiger partial charge < -0.3 is 15.8 Å². The van der Waals surface area contributed by atoms with E-state index in [-0.39, 0.29) is 12.0 Å². The summed E-state index contributed by atoms with van der Waals surface area (Å²) in [7, 11) is 0. The fourth-order valence-electron chi connectivity index (χ4n) is 2.60. The zero-order valence-corrected chi connectivity index (χ0v) is 15.0. The Balaban J connectivity index is 1.75. The van der Waals surface area contributed by atoms with Crippen molar-refractivity contribution in [2.45, 2.75) is 45.8 Å². The number of nitrogens with zero attached hydrogens (tertiary/aromatic N) is 1. The van der Waals surface area contributed by atoms with Gasteiger partial charge in [0.1, 0.15) is 0 Å². The van der Waals surface area contributed by atoms with Gasteiger partial charge in [-0.2, -0.15) is 0 Å². The first-order valence-corrected chi connectivity index (χ1v) is 8.78. The third-order valence-corrected chi connectivity index (χ3v) is 3.85. The third kappa shape index (κ3) is 6.19. The number of aryl methyl sites for hydroxylation is 1. The minimum absolute atomic E-state index is 0.0298. The van der Waals surface area contributed by atoms with Crippen molar-refractivity contribution in [1.29, 1.82) is 0 Å². The Morgan fingerprint density at radius 2 is 1.96 bits per heavy atom. The first kappa shape index (κ1) is 18.9. The van der Waals surface area contributed by atoms with Crippen LogP contribution in [0.5, 0.6) is 5.88 Å². The maximum Gasteiger partial charge on any atom is 0.251 e. The van der Waals surface area contributed by atoms with E-state index >= 15 is 0 Å². The molecule has 0 fully saturated rings. The number of carbonyl (C=O) groups is 1. The van der Waals surface area contributed by atoms with Gasteiger partial charge >= 0.3 is 0 Å². The summed E-state index contributed by atoms with van der Waals surface area (Å²) in [6.07, 6.45) is 4.53. The fourth-order valence-corrected chi connectivity index (χ4v) is 2.60. The molecule has 2 rings (SSSR count). The molecule has 0 saturated heterocycles. The van der Waals surface area contributed by atoms with Gasteiger partial charge in [0.05, 0.1) is 6.10 Å². The lowest BCUT2D eigenvalue weighted by atomic mass is 10.0. The lowest BCUT2D eigenvalue weighted by molar-refractivity contribution is 0.0952. The molecule has 0 spiro atoms. The highest BCUT2D eigenvalue weighted by molar-refractivity contribution is 5.94. The number of pyridine rings is 1. The molecule has 2 aromatic rings. The van der Waals surface area contributed by atoms with E-state index in [1.54, 1.807) is 18.3 Å². The number of hydrogen-bond donors (Lipinski definition) is 2. The molecular formula is C20H27N3O2. The molecule has 0 unspecified atom stereocenters. The number of amides is 1. The summed E-state index contributed by atoms with van der Waals surface area (Å²) < 4.78 is 5.52. The van der Waals surface area contributed by atoms with E-state index in [0.717, 1.165) is 19.3 Å². The number of rotatable bonds is 9. The van der Waals surface area contributed by atoms with Crippen LogP contribution in [0, 0.1) is 0 Å². The lowest BCUT2D eigenvalue weighted by Crippen LogP contribution is -2.24. The molecule has 1 aromatic carbocycles. The second-order valence-electron chi connectivity index (χ2n) is 6.24. The van der Waals surface area contributed by atoms with Gasteiger partial charge in [-0.15, -0.1) is 0 Å². The van der Waals surface area contributed by atoms with Crippen LogP contribution < -0.4 is 15.8 Å². The SMILES string of the molecule is CC(C)Oc1cc(C(=O)NCCCCc2ccccc2CN)ccn1. The third-order valence-electron chi connectivity index (χ3n) is 3.85. The minimum atomic E-state index is -0.0987. The normalized spacial score (nSPS) is 10.7. The predicted octanol–water partition coefficient (Wildman–Crippen LogP) is 3.08. The molecule has 0 saturated carbocycles. The van der Waals surface area contributed by atoms with Crippen LogP contribution in [-0.2, 0) is 13.0 Å². The van der Waals surface area contributed by atoms with Crippen LogP contribution >= 0.6 is 0 Å². The van der Waals surface area contributed by atoms with Crippen molar-refractivity contribution in [3.05, 3.63) is 59.3 Å². The van der Waals surface area contributed by atoms with E-state index in [0.29, 0.717) is 24.5 Å². The Kier molecular flexibility index (Phi) is 7.41. The van der Waals surface area contributed by atoms with Crippen LogP contribution in [0.3, 0.4) is 0 Å². The van der Waals surface area contributed by atoms with Crippen LogP contribution in [0.15, 0.2) is 42.6 Å². The summed E-state index contributed by atoms with van der Waals surface area (Å²) in [5, 5.41) is 2.95. The van der Waals surface area contributed by atoms with E-state index in [1.165, 1.54) is 11.1 Å². The monoisotopic (exact) mass is 341 g/mol. The van der Waals surface area contributed by atoms with Gasteiger partial charge in [-0.05, 0) is 50.3 Å². The predicted molar refractivity (Wildman–Crippen MR) is 99.6 cm³/mol. The highest BCUT2D eigenvalue weighted by Gasteiger charge is 2.08. The molecule has 5 heteroatoms. The fraction of sp³-hybridized carbons (Fsp3) is 0.400. The number of nitrogens with one attached hydrogen (secondary N) is 1. The van der Waals surface area contributed by atoms with E-state index in [9.17, 15) is 4.79 Å². The summed E-state index contributed by atoms with van der Waals surface area (Å²) >= 11 is 0. The maximum absolute atomic E-state index is 12.2. The van der Waals surface area contributed by atoms with E-state index in [1.807, 2.05) is 26.0 Å². The van der Waals surface area contributed by atoms with Gasteiger partial charge in [0.25, 0.3) is 5.91 Å². The van der Waals surface area contributed by atoms with Gasteiger partial charge in [-0.1, -0.05) is 24.3 Å². The number of benzene rings is 1. The Hall–Kier alpha value is -2.40.